The first-order valence-electron chi connectivity index (χ1n) is 13.7. The van der Waals surface area contributed by atoms with E-state index in [2.05, 4.69) is 109 Å². The molecule has 0 saturated heterocycles. The van der Waals surface area contributed by atoms with Crippen LogP contribution in [0.1, 0.15) is 50.7 Å². The average molecular weight is 730 g/mol. The van der Waals surface area contributed by atoms with E-state index in [1.165, 1.54) is 37.6 Å². The largest absolute Gasteiger partial charge is 3.00 e. The molecule has 41 heavy (non-hydrogen) atoms. The minimum atomic E-state index is 0. The Morgan fingerprint density at radius 2 is 1.49 bits per heavy atom. The maximum Gasteiger partial charge on any atom is 3.00 e. The molecule has 3 nitrogen and oxygen atoms in total. The van der Waals surface area contributed by atoms with Gasteiger partial charge in [-0.15, -0.1) is 35.9 Å². The molecule has 3 heterocycles. The van der Waals surface area contributed by atoms with Gasteiger partial charge < -0.3 is 9.55 Å². The second kappa shape index (κ2) is 12.6. The molecule has 2 aromatic heterocycles. The number of imidazole rings is 1. The number of pyridine rings is 1. The molecule has 5 heteroatoms. The topological polar surface area (TPSA) is 21.7 Å². The van der Waals surface area contributed by atoms with Gasteiger partial charge in [-0.1, -0.05) is 69.0 Å². The van der Waals surface area contributed by atoms with Gasteiger partial charge in [0.25, 0.3) is 6.33 Å². The molecule has 4 aromatic carbocycles. The van der Waals surface area contributed by atoms with Gasteiger partial charge in [-0.25, -0.2) is 0 Å². The maximum absolute atomic E-state index is 4.22. The molecule has 0 amide bonds. The van der Waals surface area contributed by atoms with E-state index in [-0.39, 0.29) is 20.1 Å². The second-order valence-electron chi connectivity index (χ2n) is 10.5. The Labute approximate surface area is 260 Å². The Bertz CT molecular complexity index is 1710. The van der Waals surface area contributed by atoms with E-state index < -0.39 is 0 Å². The van der Waals surface area contributed by atoms with Crippen LogP contribution in [0.15, 0.2) is 113 Å². The molecular weight excluding hydrogens is 699 g/mol. The van der Waals surface area contributed by atoms with E-state index in [4.69, 9.17) is 0 Å². The normalized spacial score (nSPS) is 11.6. The van der Waals surface area contributed by atoms with Gasteiger partial charge in [-0.05, 0) is 52.5 Å². The first-order chi connectivity index (χ1) is 19.5. The van der Waals surface area contributed by atoms with Gasteiger partial charge in [-0.3, -0.25) is 4.57 Å². The van der Waals surface area contributed by atoms with Crippen LogP contribution in [0.2, 0.25) is 0 Å². The first kappa shape index (κ1) is 29.0. The predicted octanol–water partition coefficient (Wildman–Crippen LogP) is 8.77. The van der Waals surface area contributed by atoms with Crippen LogP contribution in [0.5, 0.6) is 0 Å². The molecule has 0 unspecified atom stereocenters. The molecule has 0 fully saturated rings. The molecule has 0 aliphatic carbocycles. The molecule has 7 rings (SSSR count). The van der Waals surface area contributed by atoms with E-state index in [1.807, 2.05) is 60.3 Å². The molecule has 0 N–H and O–H groups in total. The molecule has 0 radical (unpaired) electrons. The van der Waals surface area contributed by atoms with Gasteiger partial charge in [-0.2, -0.15) is 36.0 Å². The summed E-state index contributed by atoms with van der Waals surface area (Å²) in [5, 5.41) is 0. The summed E-state index contributed by atoms with van der Waals surface area (Å²) in [6, 6.07) is 39.9. The third kappa shape index (κ3) is 5.94. The number of hydrogen-bond donors (Lipinski definition) is 0. The van der Waals surface area contributed by atoms with Gasteiger partial charge in [0.1, 0.15) is 0 Å². The zero-order valence-corrected chi connectivity index (χ0v) is 26.8. The van der Waals surface area contributed by atoms with Crippen molar-refractivity contribution in [2.45, 2.75) is 49.3 Å². The SMILES string of the molecule is CC(C)c1cc(C(C)C)cc(-n2[c-][n+]3c4c(cccc42)Sc2ccc[c-]c2-3)c1.[Ir+3].[c-]1ccccc1-c1ccccn1. The van der Waals surface area contributed by atoms with E-state index in [0.717, 1.165) is 16.9 Å². The van der Waals surface area contributed by atoms with Crippen molar-refractivity contribution in [3.63, 3.8) is 0 Å². The summed E-state index contributed by atoms with van der Waals surface area (Å²) in [5.74, 6) is 0.976. The standard InChI is InChI=1S/C25H23N2S.C11H8N.Ir/c1-16(2)18-12-19(17(3)4)14-20(13-18)26-15-27-21-8-5-6-10-23(21)28-24-11-7-9-22(26)25(24)27;1-2-6-10(7-3-1)11-8-4-5-9-12-11;/h5-7,9-14,16-17H,1-4H3;1-6,8-9H;/q2*-1;+3. The average Bonchev–Trinajstić information content (AvgIpc) is 3.39. The third-order valence-electron chi connectivity index (χ3n) is 7.09. The van der Waals surface area contributed by atoms with Crippen molar-refractivity contribution in [1.82, 2.24) is 9.55 Å². The van der Waals surface area contributed by atoms with Crippen LogP contribution in [-0.4, -0.2) is 9.55 Å². The van der Waals surface area contributed by atoms with Gasteiger partial charge >= 0.3 is 20.1 Å². The predicted molar refractivity (Wildman–Crippen MR) is 163 cm³/mol. The van der Waals surface area contributed by atoms with Crippen molar-refractivity contribution in [2.75, 3.05) is 0 Å². The summed E-state index contributed by atoms with van der Waals surface area (Å²) in [7, 11) is 0. The van der Waals surface area contributed by atoms with Crippen LogP contribution >= 0.6 is 11.8 Å². The number of benzene rings is 4. The van der Waals surface area contributed by atoms with E-state index >= 15 is 0 Å². The summed E-state index contributed by atoms with van der Waals surface area (Å²) in [5.41, 5.74) is 9.41. The third-order valence-corrected chi connectivity index (χ3v) is 8.19. The molecule has 0 spiro atoms. The van der Waals surface area contributed by atoms with Crippen molar-refractivity contribution >= 4 is 22.8 Å². The minimum Gasteiger partial charge on any atom is -0.313 e. The van der Waals surface area contributed by atoms with E-state index in [9.17, 15) is 0 Å². The Balaban J connectivity index is 0.000000218. The number of hydrogen-bond acceptors (Lipinski definition) is 2. The second-order valence-corrected chi connectivity index (χ2v) is 11.6. The maximum atomic E-state index is 4.22. The summed E-state index contributed by atoms with van der Waals surface area (Å²) in [4.78, 5) is 6.71. The van der Waals surface area contributed by atoms with Gasteiger partial charge in [0.2, 0.25) is 0 Å². The molecule has 0 bridgehead atoms. The monoisotopic (exact) mass is 730 g/mol. The van der Waals surface area contributed by atoms with Gasteiger partial charge in [0.15, 0.2) is 0 Å². The molecule has 1 aliphatic heterocycles. The molecule has 6 aromatic rings. The van der Waals surface area contributed by atoms with Crippen molar-refractivity contribution in [3.8, 4) is 22.6 Å². The molecule has 1 aliphatic rings. The molecular formula is C36H31IrN3S+. The van der Waals surface area contributed by atoms with Gasteiger partial charge in [0, 0.05) is 11.1 Å². The van der Waals surface area contributed by atoms with Crippen LogP contribution in [0, 0.1) is 18.5 Å². The fourth-order valence-corrected chi connectivity index (χ4v) is 5.95. The number of fused-ring (bicyclic) bond motifs is 2. The summed E-state index contributed by atoms with van der Waals surface area (Å²) in [6.07, 6.45) is 5.41. The van der Waals surface area contributed by atoms with Crippen LogP contribution in [0.3, 0.4) is 0 Å². The molecule has 204 valence electrons. The van der Waals surface area contributed by atoms with Crippen LogP contribution < -0.4 is 4.57 Å². The van der Waals surface area contributed by atoms with E-state index in [0.29, 0.717) is 11.8 Å². The van der Waals surface area contributed by atoms with Crippen molar-refractivity contribution in [3.05, 3.63) is 133 Å². The Morgan fingerprint density at radius 3 is 2.17 bits per heavy atom. The zero-order chi connectivity index (χ0) is 27.6. The van der Waals surface area contributed by atoms with Crippen molar-refractivity contribution in [2.24, 2.45) is 0 Å². The number of rotatable bonds is 4. The van der Waals surface area contributed by atoms with Crippen molar-refractivity contribution in [1.29, 1.82) is 0 Å². The fraction of sp³-hybridized carbons (Fsp3) is 0.167. The quantitative estimate of drug-likeness (QED) is 0.134. The van der Waals surface area contributed by atoms with Crippen LogP contribution in [-0.2, 0) is 20.1 Å². The summed E-state index contributed by atoms with van der Waals surface area (Å²) in [6.45, 7) is 9.04. The zero-order valence-electron chi connectivity index (χ0n) is 23.6. The number of aromatic nitrogens is 3. The van der Waals surface area contributed by atoms with Crippen molar-refractivity contribution < 1.29 is 24.7 Å². The molecule has 0 saturated carbocycles. The van der Waals surface area contributed by atoms with Crippen LogP contribution in [0.4, 0.5) is 0 Å². The Kier molecular flexibility index (Phi) is 8.89. The molecule has 0 atom stereocenters. The summed E-state index contributed by atoms with van der Waals surface area (Å²) >= 11 is 1.81. The number of nitrogens with zero attached hydrogens (tertiary/aromatic N) is 3. The van der Waals surface area contributed by atoms with Crippen LogP contribution in [0.25, 0.3) is 33.7 Å². The Morgan fingerprint density at radius 1 is 0.756 bits per heavy atom. The van der Waals surface area contributed by atoms with E-state index in [1.54, 1.807) is 6.20 Å². The smallest absolute Gasteiger partial charge is 0.313 e. The number of para-hydroxylation sites is 2. The Hall–Kier alpha value is -3.50. The first-order valence-corrected chi connectivity index (χ1v) is 14.5. The summed E-state index contributed by atoms with van der Waals surface area (Å²) < 4.78 is 4.39. The minimum absolute atomic E-state index is 0. The van der Waals surface area contributed by atoms with Gasteiger partial charge in [0.05, 0.1) is 16.7 Å². The fourth-order valence-electron chi connectivity index (χ4n) is 4.88.